The molecule has 30 heavy (non-hydrogen) atoms. The number of amides is 1. The molecule has 0 spiro atoms. The van der Waals surface area contributed by atoms with E-state index in [2.05, 4.69) is 15.4 Å². The Morgan fingerprint density at radius 1 is 1.17 bits per heavy atom. The molecule has 0 atom stereocenters. The third-order valence-electron chi connectivity index (χ3n) is 4.89. The van der Waals surface area contributed by atoms with Crippen LogP contribution in [0.25, 0.3) is 26.3 Å². The number of nitrogens with one attached hydrogen (secondary N) is 1. The van der Waals surface area contributed by atoms with Crippen molar-refractivity contribution in [1.29, 1.82) is 0 Å². The van der Waals surface area contributed by atoms with Crippen molar-refractivity contribution in [2.24, 2.45) is 0 Å². The summed E-state index contributed by atoms with van der Waals surface area (Å²) in [6.07, 6.45) is 0. The van der Waals surface area contributed by atoms with Gasteiger partial charge in [-0.15, -0.1) is 0 Å². The molecule has 1 amide bonds. The highest BCUT2D eigenvalue weighted by atomic mass is 32.1. The second-order valence-corrected chi connectivity index (χ2v) is 7.93. The van der Waals surface area contributed by atoms with E-state index in [0.29, 0.717) is 16.5 Å². The van der Waals surface area contributed by atoms with Crippen LogP contribution in [0, 0.1) is 13.8 Å². The van der Waals surface area contributed by atoms with Gasteiger partial charge in [-0.3, -0.25) is 4.79 Å². The molecule has 0 aliphatic heterocycles. The number of furan rings is 1. The number of ether oxygens (including phenoxy) is 1. The molecule has 0 saturated carbocycles. The van der Waals surface area contributed by atoms with Crippen LogP contribution >= 0.6 is 11.3 Å². The van der Waals surface area contributed by atoms with Gasteiger partial charge < -0.3 is 14.5 Å². The summed E-state index contributed by atoms with van der Waals surface area (Å²) in [7, 11) is 1.63. The second-order valence-electron chi connectivity index (χ2n) is 6.92. The number of anilines is 1. The summed E-state index contributed by atoms with van der Waals surface area (Å²) in [5.41, 5.74) is 3.10. The minimum atomic E-state index is -0.326. The lowest BCUT2D eigenvalue weighted by Gasteiger charge is -2.05. The zero-order chi connectivity index (χ0) is 20.8. The molecule has 5 aromatic rings. The Labute approximate surface area is 175 Å². The van der Waals surface area contributed by atoms with Gasteiger partial charge in [0, 0.05) is 17.0 Å². The van der Waals surface area contributed by atoms with Gasteiger partial charge in [0.15, 0.2) is 5.76 Å². The number of rotatable bonds is 4. The standard InChI is InChI=1S/C22H18N4O3S/c1-12-10-19(24-21(27)20-13(2)15-6-4-5-7-17(15)29-20)26(25-12)22-23-16-9-8-14(28-3)11-18(16)30-22/h4-11H,1-3H3,(H,24,27). The van der Waals surface area contributed by atoms with Crippen LogP contribution < -0.4 is 10.1 Å². The van der Waals surface area contributed by atoms with Crippen LogP contribution in [0.1, 0.15) is 21.8 Å². The summed E-state index contributed by atoms with van der Waals surface area (Å²) in [4.78, 5) is 17.6. The Morgan fingerprint density at radius 2 is 2.00 bits per heavy atom. The molecule has 0 aliphatic rings. The monoisotopic (exact) mass is 418 g/mol. The maximum absolute atomic E-state index is 13.0. The average Bonchev–Trinajstić information content (AvgIpc) is 3.42. The van der Waals surface area contributed by atoms with E-state index in [1.807, 2.05) is 62.4 Å². The molecular formula is C22H18N4O3S. The first-order chi connectivity index (χ1) is 14.5. The first-order valence-electron chi connectivity index (χ1n) is 9.34. The van der Waals surface area contributed by atoms with Gasteiger partial charge in [0.25, 0.3) is 5.91 Å². The number of para-hydroxylation sites is 1. The number of hydrogen-bond donors (Lipinski definition) is 1. The normalized spacial score (nSPS) is 11.3. The van der Waals surface area contributed by atoms with Crippen LogP contribution in [0.3, 0.4) is 0 Å². The van der Waals surface area contributed by atoms with Gasteiger partial charge in [-0.25, -0.2) is 4.98 Å². The summed E-state index contributed by atoms with van der Waals surface area (Å²) in [5, 5.41) is 9.02. The fourth-order valence-corrected chi connectivity index (χ4v) is 4.37. The molecule has 150 valence electrons. The maximum atomic E-state index is 13.0. The minimum Gasteiger partial charge on any atom is -0.497 e. The van der Waals surface area contributed by atoms with Crippen molar-refractivity contribution < 1.29 is 13.9 Å². The Bertz CT molecular complexity index is 1410. The molecule has 7 nitrogen and oxygen atoms in total. The van der Waals surface area contributed by atoms with E-state index in [4.69, 9.17) is 9.15 Å². The molecule has 2 aromatic carbocycles. The summed E-state index contributed by atoms with van der Waals surface area (Å²) < 4.78 is 13.7. The molecule has 0 unspecified atom stereocenters. The summed E-state index contributed by atoms with van der Waals surface area (Å²) in [6, 6.07) is 15.1. The number of carbonyl (C=O) groups is 1. The van der Waals surface area contributed by atoms with E-state index < -0.39 is 0 Å². The van der Waals surface area contributed by atoms with Crippen LogP contribution in [0.2, 0.25) is 0 Å². The van der Waals surface area contributed by atoms with Crippen LogP contribution in [0.4, 0.5) is 5.82 Å². The number of nitrogens with zero attached hydrogens (tertiary/aromatic N) is 3. The van der Waals surface area contributed by atoms with E-state index in [1.54, 1.807) is 11.8 Å². The zero-order valence-electron chi connectivity index (χ0n) is 16.6. The van der Waals surface area contributed by atoms with Gasteiger partial charge in [0.05, 0.1) is 23.0 Å². The summed E-state index contributed by atoms with van der Waals surface area (Å²) in [6.45, 7) is 3.75. The number of carbonyl (C=O) groups excluding carboxylic acids is 1. The Hall–Kier alpha value is -3.65. The molecule has 8 heteroatoms. The van der Waals surface area contributed by atoms with Gasteiger partial charge in [-0.2, -0.15) is 9.78 Å². The first-order valence-corrected chi connectivity index (χ1v) is 10.2. The highest BCUT2D eigenvalue weighted by molar-refractivity contribution is 7.20. The van der Waals surface area contributed by atoms with Gasteiger partial charge in [-0.1, -0.05) is 29.5 Å². The van der Waals surface area contributed by atoms with Crippen LogP contribution in [-0.2, 0) is 0 Å². The van der Waals surface area contributed by atoms with E-state index in [-0.39, 0.29) is 11.7 Å². The van der Waals surface area contributed by atoms with Gasteiger partial charge >= 0.3 is 0 Å². The number of aromatic nitrogens is 3. The van der Waals surface area contributed by atoms with Crippen molar-refractivity contribution in [3.05, 3.63) is 65.5 Å². The summed E-state index contributed by atoms with van der Waals surface area (Å²) in [5.74, 6) is 1.26. The highest BCUT2D eigenvalue weighted by Crippen LogP contribution is 2.31. The van der Waals surface area contributed by atoms with Crippen LogP contribution in [-0.4, -0.2) is 27.8 Å². The van der Waals surface area contributed by atoms with Crippen LogP contribution in [0.5, 0.6) is 5.75 Å². The molecule has 0 bridgehead atoms. The van der Waals surface area contributed by atoms with Gasteiger partial charge in [0.2, 0.25) is 5.13 Å². The largest absolute Gasteiger partial charge is 0.497 e. The number of hydrogen-bond acceptors (Lipinski definition) is 6. The number of thiazole rings is 1. The van der Waals surface area contributed by atoms with Crippen molar-refractivity contribution >= 4 is 44.2 Å². The van der Waals surface area contributed by atoms with E-state index >= 15 is 0 Å². The van der Waals surface area contributed by atoms with Gasteiger partial charge in [0.1, 0.15) is 17.2 Å². The quantitative estimate of drug-likeness (QED) is 0.439. The van der Waals surface area contributed by atoms with E-state index in [1.165, 1.54) is 11.3 Å². The Kier molecular flexibility index (Phi) is 4.29. The van der Waals surface area contributed by atoms with Crippen molar-refractivity contribution in [2.45, 2.75) is 13.8 Å². The fourth-order valence-electron chi connectivity index (χ4n) is 3.41. The lowest BCUT2D eigenvalue weighted by atomic mass is 10.1. The van der Waals surface area contributed by atoms with Crippen molar-refractivity contribution in [1.82, 2.24) is 14.8 Å². The zero-order valence-corrected chi connectivity index (χ0v) is 17.4. The lowest BCUT2D eigenvalue weighted by molar-refractivity contribution is 0.0997. The molecule has 3 aromatic heterocycles. The molecule has 0 saturated heterocycles. The Morgan fingerprint density at radius 3 is 2.80 bits per heavy atom. The van der Waals surface area contributed by atoms with Crippen molar-refractivity contribution in [3.63, 3.8) is 0 Å². The molecule has 0 radical (unpaired) electrons. The molecule has 0 aliphatic carbocycles. The fraction of sp³-hybridized carbons (Fsp3) is 0.136. The number of fused-ring (bicyclic) bond motifs is 2. The van der Waals surface area contributed by atoms with Gasteiger partial charge in [-0.05, 0) is 38.1 Å². The van der Waals surface area contributed by atoms with Crippen molar-refractivity contribution in [2.75, 3.05) is 12.4 Å². The highest BCUT2D eigenvalue weighted by Gasteiger charge is 2.20. The first kappa shape index (κ1) is 18.4. The second kappa shape index (κ2) is 7.00. The van der Waals surface area contributed by atoms with E-state index in [9.17, 15) is 4.79 Å². The number of aryl methyl sites for hydroxylation is 2. The minimum absolute atomic E-state index is 0.288. The van der Waals surface area contributed by atoms with Crippen LogP contribution in [0.15, 0.2) is 52.9 Å². The third-order valence-corrected chi connectivity index (χ3v) is 5.88. The summed E-state index contributed by atoms with van der Waals surface area (Å²) >= 11 is 1.47. The molecular weight excluding hydrogens is 400 g/mol. The number of benzene rings is 2. The molecule has 1 N–H and O–H groups in total. The van der Waals surface area contributed by atoms with E-state index in [0.717, 1.165) is 32.6 Å². The smallest absolute Gasteiger partial charge is 0.292 e. The SMILES string of the molecule is COc1ccc2nc(-n3nc(C)cc3NC(=O)c3oc4ccccc4c3C)sc2c1. The lowest BCUT2D eigenvalue weighted by Crippen LogP contribution is -2.15. The molecule has 3 heterocycles. The number of methoxy groups -OCH3 is 1. The predicted molar refractivity (Wildman–Crippen MR) is 117 cm³/mol. The molecule has 5 rings (SSSR count). The topological polar surface area (TPSA) is 82.2 Å². The van der Waals surface area contributed by atoms with Crippen molar-refractivity contribution in [3.8, 4) is 10.9 Å². The maximum Gasteiger partial charge on any atom is 0.292 e. The third kappa shape index (κ3) is 3.02. The molecule has 0 fully saturated rings. The Balaban J connectivity index is 1.52. The average molecular weight is 418 g/mol. The predicted octanol–water partition coefficient (Wildman–Crippen LogP) is 5.11.